The zero-order chi connectivity index (χ0) is 15.2. The number of ether oxygens (including phenoxy) is 1. The molecule has 1 aromatic carbocycles. The molecule has 1 aliphatic carbocycles. The first kappa shape index (κ1) is 15.5. The highest BCUT2D eigenvalue weighted by Crippen LogP contribution is 2.35. The van der Waals surface area contributed by atoms with Gasteiger partial charge in [-0.2, -0.15) is 0 Å². The highest BCUT2D eigenvalue weighted by molar-refractivity contribution is 6.11. The lowest BCUT2D eigenvalue weighted by Crippen LogP contribution is -2.10. The fourth-order valence-corrected chi connectivity index (χ4v) is 2.90. The van der Waals surface area contributed by atoms with Crippen LogP contribution in [-0.2, 0) is 14.3 Å². The van der Waals surface area contributed by atoms with E-state index in [0.717, 1.165) is 11.5 Å². The van der Waals surface area contributed by atoms with E-state index in [2.05, 4.69) is 23.8 Å². The standard InChI is InChI=1S/C18H22O3/c1-13-3-7-15(8-4-13)16-9-5-14(6-10-16)11-17(12-19)18(20)21-2/h5-6,9-13,15H,3-4,7-8H2,1-2H3/b17-11-. The summed E-state index contributed by atoms with van der Waals surface area (Å²) in [5.74, 6) is 0.888. The minimum atomic E-state index is -0.602. The fraction of sp³-hybridized carbons (Fsp3) is 0.444. The molecule has 0 aliphatic heterocycles. The summed E-state index contributed by atoms with van der Waals surface area (Å²) in [6.07, 6.45) is 7.18. The van der Waals surface area contributed by atoms with Gasteiger partial charge >= 0.3 is 5.97 Å². The molecule has 0 N–H and O–H groups in total. The third-order valence-electron chi connectivity index (χ3n) is 4.29. The smallest absolute Gasteiger partial charge is 0.341 e. The highest BCUT2D eigenvalue weighted by atomic mass is 16.5. The first-order valence-electron chi connectivity index (χ1n) is 7.49. The van der Waals surface area contributed by atoms with Crippen LogP contribution in [0.25, 0.3) is 6.08 Å². The predicted octanol–water partition coefficient (Wildman–Crippen LogP) is 3.74. The van der Waals surface area contributed by atoms with Gasteiger partial charge < -0.3 is 4.74 Å². The maximum absolute atomic E-state index is 11.4. The van der Waals surface area contributed by atoms with Gasteiger partial charge in [0, 0.05) is 0 Å². The zero-order valence-electron chi connectivity index (χ0n) is 12.7. The van der Waals surface area contributed by atoms with Gasteiger partial charge in [0.25, 0.3) is 0 Å². The van der Waals surface area contributed by atoms with Crippen molar-refractivity contribution in [2.75, 3.05) is 7.11 Å². The number of hydrogen-bond donors (Lipinski definition) is 0. The Kier molecular flexibility index (Phi) is 5.32. The molecular formula is C18H22O3. The second kappa shape index (κ2) is 7.21. The van der Waals surface area contributed by atoms with E-state index in [1.54, 1.807) is 6.08 Å². The minimum absolute atomic E-state index is 0.0386. The molecule has 21 heavy (non-hydrogen) atoms. The second-order valence-electron chi connectivity index (χ2n) is 5.83. The summed E-state index contributed by atoms with van der Waals surface area (Å²) in [4.78, 5) is 22.3. The molecule has 0 aromatic heterocycles. The third-order valence-corrected chi connectivity index (χ3v) is 4.29. The van der Waals surface area contributed by atoms with Crippen LogP contribution in [0, 0.1) is 5.92 Å². The van der Waals surface area contributed by atoms with Crippen molar-refractivity contribution < 1.29 is 14.3 Å². The minimum Gasteiger partial charge on any atom is -0.465 e. The van der Waals surface area contributed by atoms with Crippen LogP contribution >= 0.6 is 0 Å². The van der Waals surface area contributed by atoms with Gasteiger partial charge in [-0.05, 0) is 41.9 Å². The number of aldehydes is 1. The van der Waals surface area contributed by atoms with Crippen LogP contribution < -0.4 is 0 Å². The SMILES string of the molecule is COC(=O)/C(C=O)=C\c1ccc(C2CCC(C)CC2)cc1. The van der Waals surface area contributed by atoms with Crippen LogP contribution in [-0.4, -0.2) is 19.4 Å². The molecule has 0 heterocycles. The number of rotatable bonds is 4. The molecule has 2 rings (SSSR count). The van der Waals surface area contributed by atoms with Gasteiger partial charge in [-0.15, -0.1) is 0 Å². The largest absolute Gasteiger partial charge is 0.465 e. The number of benzene rings is 1. The molecule has 3 heteroatoms. The first-order valence-corrected chi connectivity index (χ1v) is 7.49. The molecule has 0 spiro atoms. The molecule has 1 aromatic rings. The Morgan fingerprint density at radius 1 is 1.14 bits per heavy atom. The van der Waals surface area contributed by atoms with E-state index in [0.29, 0.717) is 12.2 Å². The number of esters is 1. The average Bonchev–Trinajstić information content (AvgIpc) is 2.53. The third kappa shape index (κ3) is 4.03. The normalized spacial score (nSPS) is 22.7. The Labute approximate surface area is 126 Å². The second-order valence-corrected chi connectivity index (χ2v) is 5.83. The van der Waals surface area contributed by atoms with E-state index < -0.39 is 5.97 Å². The van der Waals surface area contributed by atoms with Crippen molar-refractivity contribution in [2.45, 2.75) is 38.5 Å². The zero-order valence-corrected chi connectivity index (χ0v) is 12.7. The maximum Gasteiger partial charge on any atom is 0.341 e. The predicted molar refractivity (Wildman–Crippen MR) is 82.9 cm³/mol. The molecule has 1 aliphatic rings. The molecular weight excluding hydrogens is 264 g/mol. The van der Waals surface area contributed by atoms with Gasteiger partial charge in [0.05, 0.1) is 12.7 Å². The van der Waals surface area contributed by atoms with Gasteiger partial charge in [0.2, 0.25) is 0 Å². The quantitative estimate of drug-likeness (QED) is 0.278. The van der Waals surface area contributed by atoms with E-state index in [1.165, 1.54) is 38.4 Å². The van der Waals surface area contributed by atoms with Gasteiger partial charge in [-0.3, -0.25) is 4.79 Å². The average molecular weight is 286 g/mol. The molecule has 1 saturated carbocycles. The van der Waals surface area contributed by atoms with Gasteiger partial charge in [-0.25, -0.2) is 4.79 Å². The Balaban J connectivity index is 2.10. The lowest BCUT2D eigenvalue weighted by Gasteiger charge is -2.26. The number of carbonyl (C=O) groups is 2. The van der Waals surface area contributed by atoms with Crippen molar-refractivity contribution in [3.05, 3.63) is 41.0 Å². The summed E-state index contributed by atoms with van der Waals surface area (Å²) < 4.78 is 4.57. The Morgan fingerprint density at radius 3 is 2.29 bits per heavy atom. The van der Waals surface area contributed by atoms with E-state index in [1.807, 2.05) is 12.1 Å². The van der Waals surface area contributed by atoms with Crippen LogP contribution in [0.3, 0.4) is 0 Å². The van der Waals surface area contributed by atoms with Crippen LogP contribution in [0.1, 0.15) is 49.7 Å². The molecule has 1 fully saturated rings. The highest BCUT2D eigenvalue weighted by Gasteiger charge is 2.19. The lowest BCUT2D eigenvalue weighted by atomic mass is 9.79. The van der Waals surface area contributed by atoms with Crippen LogP contribution in [0.5, 0.6) is 0 Å². The maximum atomic E-state index is 11.4. The van der Waals surface area contributed by atoms with Crippen LogP contribution in [0.2, 0.25) is 0 Å². The summed E-state index contributed by atoms with van der Waals surface area (Å²) in [5, 5.41) is 0. The first-order chi connectivity index (χ1) is 10.1. The molecule has 3 nitrogen and oxygen atoms in total. The topological polar surface area (TPSA) is 43.4 Å². The summed E-state index contributed by atoms with van der Waals surface area (Å²) in [5.41, 5.74) is 2.23. The number of hydrogen-bond acceptors (Lipinski definition) is 3. The summed E-state index contributed by atoms with van der Waals surface area (Å²) in [6, 6.07) is 8.12. The molecule has 112 valence electrons. The van der Waals surface area contributed by atoms with Crippen LogP contribution in [0.15, 0.2) is 29.8 Å². The molecule has 0 saturated heterocycles. The Hall–Kier alpha value is -1.90. The van der Waals surface area contributed by atoms with E-state index >= 15 is 0 Å². The summed E-state index contributed by atoms with van der Waals surface area (Å²) in [7, 11) is 1.27. The van der Waals surface area contributed by atoms with Crippen LogP contribution in [0.4, 0.5) is 0 Å². The van der Waals surface area contributed by atoms with Crippen molar-refractivity contribution in [2.24, 2.45) is 5.92 Å². The van der Waals surface area contributed by atoms with Crippen molar-refractivity contribution in [1.29, 1.82) is 0 Å². The number of methoxy groups -OCH3 is 1. The van der Waals surface area contributed by atoms with E-state index in [9.17, 15) is 9.59 Å². The lowest BCUT2D eigenvalue weighted by molar-refractivity contribution is -0.136. The molecule has 0 unspecified atom stereocenters. The van der Waals surface area contributed by atoms with Gasteiger partial charge in [0.15, 0.2) is 6.29 Å². The Morgan fingerprint density at radius 2 is 1.76 bits per heavy atom. The van der Waals surface area contributed by atoms with E-state index in [4.69, 9.17) is 0 Å². The van der Waals surface area contributed by atoms with Crippen molar-refractivity contribution >= 4 is 18.3 Å². The van der Waals surface area contributed by atoms with E-state index in [-0.39, 0.29) is 5.57 Å². The summed E-state index contributed by atoms with van der Waals surface area (Å²) in [6.45, 7) is 2.32. The monoisotopic (exact) mass is 286 g/mol. The molecule has 0 radical (unpaired) electrons. The molecule has 0 amide bonds. The van der Waals surface area contributed by atoms with Gasteiger partial charge in [0.1, 0.15) is 0 Å². The fourth-order valence-electron chi connectivity index (χ4n) is 2.90. The number of carbonyl (C=O) groups excluding carboxylic acids is 2. The van der Waals surface area contributed by atoms with Crippen molar-refractivity contribution in [3.8, 4) is 0 Å². The Bertz CT molecular complexity index is 520. The van der Waals surface area contributed by atoms with Crippen molar-refractivity contribution in [1.82, 2.24) is 0 Å². The summed E-state index contributed by atoms with van der Waals surface area (Å²) >= 11 is 0. The van der Waals surface area contributed by atoms with Crippen molar-refractivity contribution in [3.63, 3.8) is 0 Å². The molecule has 0 bridgehead atoms. The molecule has 0 atom stereocenters. The van der Waals surface area contributed by atoms with Gasteiger partial charge in [-0.1, -0.05) is 44.0 Å².